The Morgan fingerprint density at radius 3 is 2.43 bits per heavy atom. The maximum absolute atomic E-state index is 11.7. The van der Waals surface area contributed by atoms with E-state index in [2.05, 4.69) is 10.6 Å². The van der Waals surface area contributed by atoms with Crippen LogP contribution in [-0.4, -0.2) is 42.4 Å². The maximum atomic E-state index is 11.7. The van der Waals surface area contributed by atoms with Gasteiger partial charge in [-0.3, -0.25) is 9.59 Å². The molecule has 1 heterocycles. The summed E-state index contributed by atoms with van der Waals surface area (Å²) in [7, 11) is 0. The average molecular weight is 298 g/mol. The van der Waals surface area contributed by atoms with Gasteiger partial charge >= 0.3 is 11.8 Å². The number of carbonyl (C=O) groups excluding carboxylic acids is 2. The summed E-state index contributed by atoms with van der Waals surface area (Å²) >= 11 is 0. The molecular formula is C15H26N2O4. The molecule has 120 valence electrons. The lowest BCUT2D eigenvalue weighted by Gasteiger charge is -2.31. The quantitative estimate of drug-likeness (QED) is 0.748. The Kier molecular flexibility index (Phi) is 4.88. The Hall–Kier alpha value is -1.14. The number of hydrogen-bond donors (Lipinski definition) is 2. The molecular weight excluding hydrogens is 272 g/mol. The van der Waals surface area contributed by atoms with Gasteiger partial charge in [0.2, 0.25) is 0 Å². The van der Waals surface area contributed by atoms with Crippen LogP contribution in [0.3, 0.4) is 0 Å². The highest BCUT2D eigenvalue weighted by atomic mass is 16.7. The van der Waals surface area contributed by atoms with Crippen LogP contribution in [0, 0.1) is 0 Å². The number of nitrogens with one attached hydrogen (secondary N) is 2. The summed E-state index contributed by atoms with van der Waals surface area (Å²) in [6, 6.07) is 0. The fourth-order valence-corrected chi connectivity index (χ4v) is 2.75. The molecule has 0 unspecified atom stereocenters. The molecule has 0 aromatic heterocycles. The molecule has 2 amide bonds. The number of carbonyl (C=O) groups is 2. The molecule has 2 aliphatic rings. The minimum atomic E-state index is -0.627. The molecule has 1 atom stereocenters. The zero-order chi connectivity index (χ0) is 15.5. The van der Waals surface area contributed by atoms with Gasteiger partial charge in [-0.15, -0.1) is 0 Å². The predicted molar refractivity (Wildman–Crippen MR) is 77.5 cm³/mol. The first kappa shape index (κ1) is 16.2. The van der Waals surface area contributed by atoms with E-state index in [9.17, 15) is 9.59 Å². The van der Waals surface area contributed by atoms with Crippen LogP contribution >= 0.6 is 0 Å². The molecule has 2 rings (SSSR count). The average Bonchev–Trinajstić information content (AvgIpc) is 2.78. The predicted octanol–water partition coefficient (Wildman–Crippen LogP) is 1.09. The molecule has 1 aliphatic heterocycles. The highest BCUT2D eigenvalue weighted by Gasteiger charge is 2.42. The summed E-state index contributed by atoms with van der Waals surface area (Å²) < 4.78 is 11.7. The summed E-state index contributed by atoms with van der Waals surface area (Å²) in [5, 5.41) is 5.24. The molecule has 0 aromatic rings. The number of ether oxygens (including phenoxy) is 2. The Balaban J connectivity index is 1.74. The van der Waals surface area contributed by atoms with Gasteiger partial charge in [-0.25, -0.2) is 0 Å². The van der Waals surface area contributed by atoms with E-state index >= 15 is 0 Å². The van der Waals surface area contributed by atoms with Crippen molar-refractivity contribution in [1.29, 1.82) is 0 Å². The van der Waals surface area contributed by atoms with Crippen molar-refractivity contribution in [3.63, 3.8) is 0 Å². The maximum Gasteiger partial charge on any atom is 0.309 e. The SMILES string of the molecule is CC(C)(C)NC(=O)C(=O)NC[C@@H]1COC2(CCCCC2)O1. The third kappa shape index (κ3) is 4.68. The summed E-state index contributed by atoms with van der Waals surface area (Å²) in [4.78, 5) is 23.4. The van der Waals surface area contributed by atoms with E-state index in [1.807, 2.05) is 20.8 Å². The van der Waals surface area contributed by atoms with E-state index in [0.29, 0.717) is 13.2 Å². The molecule has 0 radical (unpaired) electrons. The molecule has 6 heteroatoms. The van der Waals surface area contributed by atoms with Crippen molar-refractivity contribution in [2.24, 2.45) is 0 Å². The molecule has 2 fully saturated rings. The van der Waals surface area contributed by atoms with E-state index < -0.39 is 23.1 Å². The third-order valence-electron chi connectivity index (χ3n) is 3.71. The molecule has 0 aromatic carbocycles. The summed E-state index contributed by atoms with van der Waals surface area (Å²) in [5.74, 6) is -1.69. The molecule has 0 bridgehead atoms. The molecule has 6 nitrogen and oxygen atoms in total. The van der Waals surface area contributed by atoms with Gasteiger partial charge in [-0.2, -0.15) is 0 Å². The highest BCUT2D eigenvalue weighted by molar-refractivity contribution is 6.35. The first-order chi connectivity index (χ1) is 9.80. The van der Waals surface area contributed by atoms with Crippen molar-refractivity contribution in [2.75, 3.05) is 13.2 Å². The summed E-state index contributed by atoms with van der Waals surface area (Å²) in [6.07, 6.45) is 5.13. The Bertz CT molecular complexity index is 397. The second-order valence-corrected chi connectivity index (χ2v) is 6.94. The number of rotatable bonds is 2. The topological polar surface area (TPSA) is 76.7 Å². The van der Waals surface area contributed by atoms with Crippen LogP contribution in [0.4, 0.5) is 0 Å². The molecule has 1 saturated heterocycles. The second-order valence-electron chi connectivity index (χ2n) is 6.94. The molecule has 2 N–H and O–H groups in total. The van der Waals surface area contributed by atoms with Crippen molar-refractivity contribution in [2.45, 2.75) is 70.3 Å². The van der Waals surface area contributed by atoms with Crippen LogP contribution < -0.4 is 10.6 Å². The fourth-order valence-electron chi connectivity index (χ4n) is 2.75. The second kappa shape index (κ2) is 6.32. The normalized spacial score (nSPS) is 24.8. The van der Waals surface area contributed by atoms with Crippen molar-refractivity contribution < 1.29 is 19.1 Å². The van der Waals surface area contributed by atoms with Gasteiger partial charge in [0.25, 0.3) is 0 Å². The van der Waals surface area contributed by atoms with Crippen LogP contribution in [0.2, 0.25) is 0 Å². The third-order valence-corrected chi connectivity index (χ3v) is 3.71. The minimum absolute atomic E-state index is 0.172. The molecule has 21 heavy (non-hydrogen) atoms. The van der Waals surface area contributed by atoms with Gasteiger partial charge in [0.1, 0.15) is 6.10 Å². The van der Waals surface area contributed by atoms with Gasteiger partial charge in [-0.1, -0.05) is 6.42 Å². The molecule has 1 aliphatic carbocycles. The van der Waals surface area contributed by atoms with Gasteiger partial charge in [0.15, 0.2) is 5.79 Å². The zero-order valence-electron chi connectivity index (χ0n) is 13.2. The van der Waals surface area contributed by atoms with Gasteiger partial charge < -0.3 is 20.1 Å². The van der Waals surface area contributed by atoms with Crippen LogP contribution in [0.1, 0.15) is 52.9 Å². The Morgan fingerprint density at radius 2 is 1.81 bits per heavy atom. The fraction of sp³-hybridized carbons (Fsp3) is 0.867. The van der Waals surface area contributed by atoms with E-state index in [4.69, 9.17) is 9.47 Å². The largest absolute Gasteiger partial charge is 0.347 e. The van der Waals surface area contributed by atoms with E-state index in [0.717, 1.165) is 25.7 Å². The van der Waals surface area contributed by atoms with E-state index in [1.165, 1.54) is 6.42 Å². The van der Waals surface area contributed by atoms with Crippen LogP contribution in [0.15, 0.2) is 0 Å². The van der Waals surface area contributed by atoms with E-state index in [1.54, 1.807) is 0 Å². The lowest BCUT2D eigenvalue weighted by molar-refractivity contribution is -0.186. The lowest BCUT2D eigenvalue weighted by Crippen LogP contribution is -2.49. The summed E-state index contributed by atoms with van der Waals surface area (Å²) in [6.45, 7) is 6.27. The molecule has 1 spiro atoms. The molecule has 1 saturated carbocycles. The summed E-state index contributed by atoms with van der Waals surface area (Å²) in [5.41, 5.74) is -0.423. The smallest absolute Gasteiger partial charge is 0.309 e. The van der Waals surface area contributed by atoms with Crippen LogP contribution in [0.5, 0.6) is 0 Å². The number of hydrogen-bond acceptors (Lipinski definition) is 4. The van der Waals surface area contributed by atoms with Crippen molar-refractivity contribution in [3.8, 4) is 0 Å². The van der Waals surface area contributed by atoms with Crippen LogP contribution in [-0.2, 0) is 19.1 Å². The van der Waals surface area contributed by atoms with Gasteiger partial charge in [-0.05, 0) is 33.6 Å². The van der Waals surface area contributed by atoms with Crippen LogP contribution in [0.25, 0.3) is 0 Å². The minimum Gasteiger partial charge on any atom is -0.347 e. The van der Waals surface area contributed by atoms with Gasteiger partial charge in [0, 0.05) is 24.9 Å². The first-order valence-electron chi connectivity index (χ1n) is 7.72. The lowest BCUT2D eigenvalue weighted by atomic mass is 9.94. The van der Waals surface area contributed by atoms with Crippen molar-refractivity contribution in [1.82, 2.24) is 10.6 Å². The monoisotopic (exact) mass is 298 g/mol. The standard InChI is InChI=1S/C15H26N2O4/c1-14(2,3)17-13(19)12(18)16-9-11-10-20-15(21-11)7-5-4-6-8-15/h11H,4-10H2,1-3H3,(H,16,18)(H,17,19)/t11-/m1/s1. The van der Waals surface area contributed by atoms with Crippen molar-refractivity contribution in [3.05, 3.63) is 0 Å². The zero-order valence-corrected chi connectivity index (χ0v) is 13.2. The Morgan fingerprint density at radius 1 is 1.14 bits per heavy atom. The highest BCUT2D eigenvalue weighted by Crippen LogP contribution is 2.37. The number of amides is 2. The first-order valence-corrected chi connectivity index (χ1v) is 7.72. The Labute approximate surface area is 125 Å². The van der Waals surface area contributed by atoms with E-state index in [-0.39, 0.29) is 6.10 Å². The van der Waals surface area contributed by atoms with Crippen molar-refractivity contribution >= 4 is 11.8 Å². The van der Waals surface area contributed by atoms with Gasteiger partial charge in [0.05, 0.1) is 6.61 Å².